The van der Waals surface area contributed by atoms with Gasteiger partial charge < -0.3 is 8.83 Å². The fraction of sp³-hybridized carbons (Fsp3) is 0.400. The van der Waals surface area contributed by atoms with E-state index < -0.39 is 9.61 Å². The third-order valence-electron chi connectivity index (χ3n) is 0.876. The SMILES string of the molecule is O=c1occ(CC(Cl)(Cl)Cl)o1. The summed E-state index contributed by atoms with van der Waals surface area (Å²) in [5.74, 6) is -0.579. The smallest absolute Gasteiger partial charge is 0.399 e. The van der Waals surface area contributed by atoms with Gasteiger partial charge >= 0.3 is 5.82 Å². The molecule has 11 heavy (non-hydrogen) atoms. The highest BCUT2D eigenvalue weighted by molar-refractivity contribution is 6.67. The molecule has 0 radical (unpaired) electrons. The van der Waals surface area contributed by atoms with Crippen molar-refractivity contribution in [1.29, 1.82) is 0 Å². The van der Waals surface area contributed by atoms with Gasteiger partial charge in [0.2, 0.25) is 0 Å². The molecule has 0 atom stereocenters. The van der Waals surface area contributed by atoms with Crippen LogP contribution in [0.1, 0.15) is 5.76 Å². The summed E-state index contributed by atoms with van der Waals surface area (Å²) in [5, 5.41) is 0. The zero-order valence-corrected chi connectivity index (χ0v) is 7.41. The van der Waals surface area contributed by atoms with Crippen LogP contribution in [0.3, 0.4) is 0 Å². The lowest BCUT2D eigenvalue weighted by Crippen LogP contribution is -2.05. The molecule has 0 N–H and O–H groups in total. The van der Waals surface area contributed by atoms with E-state index in [4.69, 9.17) is 34.8 Å². The third kappa shape index (κ3) is 3.18. The second-order valence-electron chi connectivity index (χ2n) is 1.85. The first-order valence-corrected chi connectivity index (χ1v) is 3.75. The Morgan fingerprint density at radius 3 is 2.45 bits per heavy atom. The molecule has 0 spiro atoms. The van der Waals surface area contributed by atoms with E-state index in [1.54, 1.807) is 0 Å². The lowest BCUT2D eigenvalue weighted by molar-refractivity contribution is 0.374. The molecule has 1 heterocycles. The van der Waals surface area contributed by atoms with Crippen molar-refractivity contribution >= 4 is 34.8 Å². The quantitative estimate of drug-likeness (QED) is 0.677. The molecule has 6 heteroatoms. The van der Waals surface area contributed by atoms with Crippen LogP contribution in [0.25, 0.3) is 0 Å². The average molecular weight is 217 g/mol. The highest BCUT2D eigenvalue weighted by Gasteiger charge is 2.22. The van der Waals surface area contributed by atoms with E-state index in [0.717, 1.165) is 6.26 Å². The van der Waals surface area contributed by atoms with E-state index in [-0.39, 0.29) is 12.2 Å². The molecule has 1 aromatic heterocycles. The van der Waals surface area contributed by atoms with Crippen LogP contribution in [0.2, 0.25) is 0 Å². The van der Waals surface area contributed by atoms with E-state index >= 15 is 0 Å². The van der Waals surface area contributed by atoms with Crippen LogP contribution >= 0.6 is 34.8 Å². The molecule has 0 unspecified atom stereocenters. The van der Waals surface area contributed by atoms with Gasteiger partial charge in [0.05, 0.1) is 6.42 Å². The largest absolute Gasteiger partial charge is 0.518 e. The van der Waals surface area contributed by atoms with Crippen LogP contribution in [-0.2, 0) is 6.42 Å². The van der Waals surface area contributed by atoms with E-state index in [1.165, 1.54) is 0 Å². The van der Waals surface area contributed by atoms with Crippen molar-refractivity contribution in [3.63, 3.8) is 0 Å². The molecule has 0 aliphatic heterocycles. The molecule has 0 fully saturated rings. The van der Waals surface area contributed by atoms with Crippen molar-refractivity contribution in [3.05, 3.63) is 22.6 Å². The molecule has 0 aromatic carbocycles. The molecule has 0 amide bonds. The van der Waals surface area contributed by atoms with Crippen molar-refractivity contribution < 1.29 is 8.83 Å². The number of hydrogen-bond acceptors (Lipinski definition) is 3. The van der Waals surface area contributed by atoms with Gasteiger partial charge in [-0.05, 0) is 0 Å². The topological polar surface area (TPSA) is 43.4 Å². The van der Waals surface area contributed by atoms with Gasteiger partial charge in [0, 0.05) is 0 Å². The molecule has 62 valence electrons. The van der Waals surface area contributed by atoms with Gasteiger partial charge in [-0.2, -0.15) is 0 Å². The van der Waals surface area contributed by atoms with Crippen LogP contribution in [-0.4, -0.2) is 3.79 Å². The van der Waals surface area contributed by atoms with Crippen LogP contribution in [0.5, 0.6) is 0 Å². The molecule has 1 rings (SSSR count). The Kier molecular flexibility index (Phi) is 2.52. The van der Waals surface area contributed by atoms with Crippen molar-refractivity contribution in [3.8, 4) is 0 Å². The van der Waals surface area contributed by atoms with Crippen LogP contribution in [0.15, 0.2) is 19.9 Å². The molecule has 0 bridgehead atoms. The Morgan fingerprint density at radius 1 is 1.45 bits per heavy atom. The van der Waals surface area contributed by atoms with Gasteiger partial charge in [-0.1, -0.05) is 34.8 Å². The fourth-order valence-electron chi connectivity index (χ4n) is 0.544. The Morgan fingerprint density at radius 2 is 2.09 bits per heavy atom. The predicted octanol–water partition coefficient (Wildman–Crippen LogP) is 2.15. The molecule has 3 nitrogen and oxygen atoms in total. The maximum Gasteiger partial charge on any atom is 0.518 e. The normalized spacial score (nSPS) is 11.9. The van der Waals surface area contributed by atoms with Crippen molar-refractivity contribution in [2.24, 2.45) is 0 Å². The molecule has 0 aliphatic rings. The molecular formula is C5H3Cl3O3. The minimum atomic E-state index is -1.46. The summed E-state index contributed by atoms with van der Waals surface area (Å²) >= 11 is 16.2. The van der Waals surface area contributed by atoms with Gasteiger partial charge in [-0.3, -0.25) is 0 Å². The van der Waals surface area contributed by atoms with E-state index in [1.807, 2.05) is 0 Å². The van der Waals surface area contributed by atoms with Gasteiger partial charge in [0.1, 0.15) is 6.26 Å². The van der Waals surface area contributed by atoms with E-state index in [9.17, 15) is 4.79 Å². The second kappa shape index (κ2) is 3.09. The van der Waals surface area contributed by atoms with Crippen LogP contribution in [0, 0.1) is 0 Å². The maximum absolute atomic E-state index is 10.3. The highest BCUT2D eigenvalue weighted by atomic mass is 35.6. The van der Waals surface area contributed by atoms with Crippen LogP contribution < -0.4 is 5.82 Å². The molecule has 0 saturated carbocycles. The number of alkyl halides is 3. The summed E-state index contributed by atoms with van der Waals surface area (Å²) in [6, 6.07) is 0. The fourth-order valence-corrected chi connectivity index (χ4v) is 0.939. The minimum absolute atomic E-state index is 0.0173. The highest BCUT2D eigenvalue weighted by Crippen LogP contribution is 2.29. The Labute approximate surface area is 76.8 Å². The van der Waals surface area contributed by atoms with Gasteiger partial charge in [-0.25, -0.2) is 4.79 Å². The Bertz CT molecular complexity index is 282. The molecule has 1 aromatic rings. The average Bonchev–Trinajstić information content (AvgIpc) is 2.10. The zero-order valence-electron chi connectivity index (χ0n) is 5.14. The van der Waals surface area contributed by atoms with Crippen molar-refractivity contribution in [2.75, 3.05) is 0 Å². The third-order valence-corrected chi connectivity index (χ3v) is 1.28. The number of rotatable bonds is 1. The van der Waals surface area contributed by atoms with E-state index in [0.29, 0.717) is 0 Å². The molecule has 0 saturated heterocycles. The van der Waals surface area contributed by atoms with Gasteiger partial charge in [0.15, 0.2) is 9.55 Å². The molecule has 0 aliphatic carbocycles. The Balaban J connectivity index is 2.73. The molecular weight excluding hydrogens is 214 g/mol. The first-order valence-electron chi connectivity index (χ1n) is 2.61. The predicted molar refractivity (Wildman–Crippen MR) is 41.2 cm³/mol. The van der Waals surface area contributed by atoms with Gasteiger partial charge in [-0.15, -0.1) is 0 Å². The summed E-state index contributed by atoms with van der Waals surface area (Å²) in [6.45, 7) is 0. The Hall–Kier alpha value is -0.120. The minimum Gasteiger partial charge on any atom is -0.399 e. The maximum atomic E-state index is 10.3. The first kappa shape index (κ1) is 8.97. The number of hydrogen-bond donors (Lipinski definition) is 0. The summed E-state index contributed by atoms with van der Waals surface area (Å²) < 4.78 is 7.34. The monoisotopic (exact) mass is 216 g/mol. The standard InChI is InChI=1S/C5H3Cl3O3/c6-5(7,8)1-3-2-10-4(9)11-3/h2H,1H2. The second-order valence-corrected chi connectivity index (χ2v) is 4.36. The summed E-state index contributed by atoms with van der Waals surface area (Å²) in [4.78, 5) is 10.3. The lowest BCUT2D eigenvalue weighted by atomic mass is 10.4. The van der Waals surface area contributed by atoms with Crippen molar-refractivity contribution in [2.45, 2.75) is 10.2 Å². The first-order chi connectivity index (χ1) is 4.97. The summed E-state index contributed by atoms with van der Waals surface area (Å²) in [5.41, 5.74) is 0. The summed E-state index contributed by atoms with van der Waals surface area (Å²) in [6.07, 6.45) is 1.13. The number of halogens is 3. The van der Waals surface area contributed by atoms with E-state index in [2.05, 4.69) is 8.83 Å². The van der Waals surface area contributed by atoms with Crippen molar-refractivity contribution in [1.82, 2.24) is 0 Å². The van der Waals surface area contributed by atoms with Crippen LogP contribution in [0.4, 0.5) is 0 Å². The summed E-state index contributed by atoms with van der Waals surface area (Å²) in [7, 11) is 0. The lowest BCUT2D eigenvalue weighted by Gasteiger charge is -2.05. The zero-order chi connectivity index (χ0) is 8.48. The van der Waals surface area contributed by atoms with Gasteiger partial charge in [0.25, 0.3) is 0 Å².